The van der Waals surface area contributed by atoms with Crippen LogP contribution >= 0.6 is 0 Å². The van der Waals surface area contributed by atoms with Gasteiger partial charge in [-0.25, -0.2) is 0 Å². The fourth-order valence-corrected chi connectivity index (χ4v) is 2.22. The van der Waals surface area contributed by atoms with Crippen LogP contribution in [0.4, 0.5) is 0 Å². The van der Waals surface area contributed by atoms with Gasteiger partial charge < -0.3 is 9.84 Å². The molecule has 3 unspecified atom stereocenters. The molecule has 0 bridgehead atoms. The molecule has 94 valence electrons. The summed E-state index contributed by atoms with van der Waals surface area (Å²) in [6.07, 6.45) is 2.98. The highest BCUT2D eigenvalue weighted by Crippen LogP contribution is 2.30. The fourth-order valence-electron chi connectivity index (χ4n) is 2.22. The lowest BCUT2D eigenvalue weighted by molar-refractivity contribution is -0.147. The van der Waals surface area contributed by atoms with Crippen molar-refractivity contribution in [2.45, 2.75) is 52.6 Å². The first-order chi connectivity index (χ1) is 7.49. The molecule has 1 saturated carbocycles. The molecular weight excluding hydrogens is 204 g/mol. The van der Waals surface area contributed by atoms with Gasteiger partial charge in [0.1, 0.15) is 0 Å². The Labute approximate surface area is 98.2 Å². The second kappa shape index (κ2) is 6.24. The van der Waals surface area contributed by atoms with Crippen molar-refractivity contribution >= 4 is 5.97 Å². The van der Waals surface area contributed by atoms with Crippen molar-refractivity contribution in [3.05, 3.63) is 0 Å². The summed E-state index contributed by atoms with van der Waals surface area (Å²) in [6.45, 7) is 6.67. The third-order valence-electron chi connectivity index (χ3n) is 3.37. The van der Waals surface area contributed by atoms with Gasteiger partial charge >= 0.3 is 5.97 Å². The molecule has 0 aromatic carbocycles. The van der Waals surface area contributed by atoms with Crippen LogP contribution in [0.3, 0.4) is 0 Å². The molecule has 16 heavy (non-hydrogen) atoms. The lowest BCUT2D eigenvalue weighted by atomic mass is 9.79. The van der Waals surface area contributed by atoms with Crippen LogP contribution in [0.15, 0.2) is 0 Å². The van der Waals surface area contributed by atoms with Gasteiger partial charge in [-0.15, -0.1) is 0 Å². The number of esters is 1. The van der Waals surface area contributed by atoms with E-state index >= 15 is 0 Å². The zero-order valence-corrected chi connectivity index (χ0v) is 10.6. The Balaban J connectivity index is 2.27. The van der Waals surface area contributed by atoms with Crippen LogP contribution in [0.25, 0.3) is 0 Å². The smallest absolute Gasteiger partial charge is 0.306 e. The summed E-state index contributed by atoms with van der Waals surface area (Å²) in [5.41, 5.74) is 0. The van der Waals surface area contributed by atoms with Crippen LogP contribution in [-0.4, -0.2) is 23.8 Å². The Morgan fingerprint density at radius 1 is 1.44 bits per heavy atom. The molecule has 1 N–H and O–H groups in total. The molecule has 0 amide bonds. The maximum Gasteiger partial charge on any atom is 0.306 e. The quantitative estimate of drug-likeness (QED) is 0.751. The van der Waals surface area contributed by atoms with Crippen molar-refractivity contribution < 1.29 is 14.6 Å². The normalized spacial score (nSPS) is 30.4. The van der Waals surface area contributed by atoms with Crippen LogP contribution in [0.5, 0.6) is 0 Å². The average molecular weight is 228 g/mol. The van der Waals surface area contributed by atoms with Crippen molar-refractivity contribution in [1.29, 1.82) is 0 Å². The fraction of sp³-hybridized carbons (Fsp3) is 0.923. The third-order valence-corrected chi connectivity index (χ3v) is 3.37. The highest BCUT2D eigenvalue weighted by Gasteiger charge is 2.27. The number of ether oxygens (including phenoxy) is 1. The standard InChI is InChI=1S/C13H24O3/c1-9(2)6-13(15)16-8-11-7-12(14)5-4-10(11)3/h9-12,14H,4-8H2,1-3H3. The number of carbonyl (C=O) groups excluding carboxylic acids is 1. The number of hydrogen-bond acceptors (Lipinski definition) is 3. The number of aliphatic hydroxyl groups is 1. The van der Waals surface area contributed by atoms with Gasteiger partial charge in [0.25, 0.3) is 0 Å². The first-order valence-electron chi connectivity index (χ1n) is 6.32. The van der Waals surface area contributed by atoms with Gasteiger partial charge in [0.2, 0.25) is 0 Å². The van der Waals surface area contributed by atoms with Crippen LogP contribution in [-0.2, 0) is 9.53 Å². The van der Waals surface area contributed by atoms with Crippen LogP contribution in [0.2, 0.25) is 0 Å². The van der Waals surface area contributed by atoms with E-state index in [9.17, 15) is 9.90 Å². The molecule has 3 nitrogen and oxygen atoms in total. The van der Waals surface area contributed by atoms with Gasteiger partial charge in [-0.05, 0) is 37.0 Å². The van der Waals surface area contributed by atoms with E-state index in [0.29, 0.717) is 30.8 Å². The minimum absolute atomic E-state index is 0.109. The molecular formula is C13H24O3. The molecule has 0 saturated heterocycles. The first-order valence-corrected chi connectivity index (χ1v) is 6.32. The van der Waals surface area contributed by atoms with Crippen LogP contribution < -0.4 is 0 Å². The van der Waals surface area contributed by atoms with E-state index in [0.717, 1.165) is 19.3 Å². The van der Waals surface area contributed by atoms with Gasteiger partial charge in [0, 0.05) is 6.42 Å². The third kappa shape index (κ3) is 4.52. The lowest BCUT2D eigenvalue weighted by Gasteiger charge is -2.31. The largest absolute Gasteiger partial charge is 0.465 e. The first kappa shape index (κ1) is 13.5. The monoisotopic (exact) mass is 228 g/mol. The molecule has 3 heteroatoms. The number of rotatable bonds is 4. The topological polar surface area (TPSA) is 46.5 Å². The van der Waals surface area contributed by atoms with Gasteiger partial charge in [-0.3, -0.25) is 4.79 Å². The molecule has 1 fully saturated rings. The van der Waals surface area contributed by atoms with Crippen molar-refractivity contribution in [2.75, 3.05) is 6.61 Å². The zero-order chi connectivity index (χ0) is 12.1. The molecule has 0 aliphatic heterocycles. The van der Waals surface area contributed by atoms with E-state index in [1.165, 1.54) is 0 Å². The Morgan fingerprint density at radius 3 is 2.75 bits per heavy atom. The molecule has 0 aromatic rings. The number of hydrogen-bond donors (Lipinski definition) is 1. The minimum Gasteiger partial charge on any atom is -0.465 e. The Kier molecular flexibility index (Phi) is 5.26. The van der Waals surface area contributed by atoms with Crippen molar-refractivity contribution in [3.8, 4) is 0 Å². The summed E-state index contributed by atoms with van der Waals surface area (Å²) >= 11 is 0. The molecule has 1 aliphatic carbocycles. The maximum atomic E-state index is 11.4. The lowest BCUT2D eigenvalue weighted by Crippen LogP contribution is -2.30. The SMILES string of the molecule is CC(C)CC(=O)OCC1CC(O)CCC1C. The molecule has 1 rings (SSSR count). The highest BCUT2D eigenvalue weighted by atomic mass is 16.5. The molecule has 0 spiro atoms. The summed E-state index contributed by atoms with van der Waals surface area (Å²) in [5, 5.41) is 9.57. The van der Waals surface area contributed by atoms with E-state index in [1.807, 2.05) is 13.8 Å². The van der Waals surface area contributed by atoms with Crippen molar-refractivity contribution in [3.63, 3.8) is 0 Å². The van der Waals surface area contributed by atoms with Gasteiger partial charge in [0.05, 0.1) is 12.7 Å². The van der Waals surface area contributed by atoms with E-state index in [4.69, 9.17) is 4.74 Å². The van der Waals surface area contributed by atoms with E-state index in [-0.39, 0.29) is 12.1 Å². The summed E-state index contributed by atoms with van der Waals surface area (Å²) in [4.78, 5) is 11.4. The van der Waals surface area contributed by atoms with E-state index < -0.39 is 0 Å². The average Bonchev–Trinajstić information content (AvgIpc) is 2.18. The molecule has 0 aromatic heterocycles. The van der Waals surface area contributed by atoms with Gasteiger partial charge in [0.15, 0.2) is 0 Å². The highest BCUT2D eigenvalue weighted by molar-refractivity contribution is 5.69. The Bertz CT molecular complexity index is 225. The minimum atomic E-state index is -0.204. The second-order valence-electron chi connectivity index (χ2n) is 5.49. The predicted octanol–water partition coefficient (Wildman–Crippen LogP) is 2.37. The summed E-state index contributed by atoms with van der Waals surface area (Å²) in [5.74, 6) is 1.12. The van der Waals surface area contributed by atoms with Crippen LogP contribution in [0.1, 0.15) is 46.5 Å². The summed E-state index contributed by atoms with van der Waals surface area (Å²) in [7, 11) is 0. The summed E-state index contributed by atoms with van der Waals surface area (Å²) < 4.78 is 5.26. The van der Waals surface area contributed by atoms with Crippen molar-refractivity contribution in [2.24, 2.45) is 17.8 Å². The van der Waals surface area contributed by atoms with Crippen molar-refractivity contribution in [1.82, 2.24) is 0 Å². The van der Waals surface area contributed by atoms with Gasteiger partial charge in [-0.2, -0.15) is 0 Å². The van der Waals surface area contributed by atoms with Crippen LogP contribution in [0, 0.1) is 17.8 Å². The van der Waals surface area contributed by atoms with E-state index in [1.54, 1.807) is 0 Å². The Hall–Kier alpha value is -0.570. The molecule has 0 heterocycles. The molecule has 0 radical (unpaired) electrons. The zero-order valence-electron chi connectivity index (χ0n) is 10.6. The number of carbonyl (C=O) groups is 1. The van der Waals surface area contributed by atoms with E-state index in [2.05, 4.69) is 6.92 Å². The van der Waals surface area contributed by atoms with Gasteiger partial charge in [-0.1, -0.05) is 20.8 Å². The number of aliphatic hydroxyl groups excluding tert-OH is 1. The predicted molar refractivity (Wildman–Crippen MR) is 62.9 cm³/mol. The Morgan fingerprint density at radius 2 is 2.12 bits per heavy atom. The maximum absolute atomic E-state index is 11.4. The molecule has 3 atom stereocenters. The summed E-state index contributed by atoms with van der Waals surface area (Å²) in [6, 6.07) is 0. The molecule has 1 aliphatic rings. The second-order valence-corrected chi connectivity index (χ2v) is 5.49.